The molecular weight excluding hydrogens is 759 g/mol. The maximum atomic E-state index is 14.8. The third-order valence-electron chi connectivity index (χ3n) is 9.25. The number of aryl methyl sites for hydroxylation is 4. The van der Waals surface area contributed by atoms with Gasteiger partial charge in [0, 0.05) is 61.0 Å². The molecule has 0 saturated heterocycles. The SMILES string of the molecule is CNS(=O)(=O)Nc1ccc(F)c(Cc2c(C)c3cc(C)c(Oc4cc5oc(=O)c(Cc6cc(NS(=O)(=O)NC)ccc6F)c(C)c5cc4C)cc3oc2=O)c1. The molecule has 0 saturated carbocycles. The van der Waals surface area contributed by atoms with Gasteiger partial charge in [-0.2, -0.15) is 16.8 Å². The van der Waals surface area contributed by atoms with Crippen molar-refractivity contribution in [2.45, 2.75) is 40.5 Å². The van der Waals surface area contributed by atoms with E-state index in [1.54, 1.807) is 52.0 Å². The largest absolute Gasteiger partial charge is 0.457 e. The first-order valence-corrected chi connectivity index (χ1v) is 19.7. The van der Waals surface area contributed by atoms with Crippen LogP contribution in [0.2, 0.25) is 0 Å². The van der Waals surface area contributed by atoms with Crippen molar-refractivity contribution in [3.05, 3.63) is 138 Å². The molecule has 0 radical (unpaired) electrons. The zero-order chi connectivity index (χ0) is 40.0. The van der Waals surface area contributed by atoms with Crippen molar-refractivity contribution in [1.29, 1.82) is 0 Å². The summed E-state index contributed by atoms with van der Waals surface area (Å²) in [6.45, 7) is 7.01. The second-order valence-electron chi connectivity index (χ2n) is 12.9. The summed E-state index contributed by atoms with van der Waals surface area (Å²) in [7, 11) is -5.25. The van der Waals surface area contributed by atoms with Crippen LogP contribution in [0.5, 0.6) is 11.5 Å². The summed E-state index contributed by atoms with van der Waals surface area (Å²) in [4.78, 5) is 26.5. The van der Waals surface area contributed by atoms with Crippen LogP contribution in [-0.4, -0.2) is 30.9 Å². The van der Waals surface area contributed by atoms with Gasteiger partial charge in [-0.3, -0.25) is 9.44 Å². The lowest BCUT2D eigenvalue weighted by Gasteiger charge is -2.16. The molecule has 13 nitrogen and oxygen atoms in total. The monoisotopic (exact) mass is 794 g/mol. The molecule has 0 bridgehead atoms. The first kappa shape index (κ1) is 39.1. The van der Waals surface area contributed by atoms with Gasteiger partial charge >= 0.3 is 11.3 Å². The number of anilines is 2. The zero-order valence-electron chi connectivity index (χ0n) is 30.4. The van der Waals surface area contributed by atoms with Gasteiger partial charge in [0.15, 0.2) is 0 Å². The van der Waals surface area contributed by atoms with E-state index in [0.717, 1.165) is 12.1 Å². The van der Waals surface area contributed by atoms with Crippen molar-refractivity contribution < 1.29 is 39.2 Å². The molecule has 4 aromatic carbocycles. The average Bonchev–Trinajstić information content (AvgIpc) is 3.12. The van der Waals surface area contributed by atoms with E-state index in [0.29, 0.717) is 44.5 Å². The van der Waals surface area contributed by atoms with E-state index in [1.807, 2.05) is 0 Å². The Balaban J connectivity index is 1.30. The van der Waals surface area contributed by atoms with Crippen molar-refractivity contribution in [3.63, 3.8) is 0 Å². The van der Waals surface area contributed by atoms with Crippen LogP contribution < -0.4 is 34.9 Å². The molecule has 288 valence electrons. The van der Waals surface area contributed by atoms with Gasteiger partial charge in [0.25, 0.3) is 20.4 Å². The number of ether oxygens (including phenoxy) is 1. The van der Waals surface area contributed by atoms with Crippen molar-refractivity contribution >= 4 is 53.7 Å². The Morgan fingerprint density at radius 1 is 0.600 bits per heavy atom. The summed E-state index contributed by atoms with van der Waals surface area (Å²) in [5.74, 6) is -0.562. The molecule has 0 aliphatic rings. The van der Waals surface area contributed by atoms with Gasteiger partial charge in [0.05, 0.1) is 11.4 Å². The smallest absolute Gasteiger partial charge is 0.340 e. The molecule has 0 aliphatic heterocycles. The zero-order valence-corrected chi connectivity index (χ0v) is 32.1. The Morgan fingerprint density at radius 2 is 0.982 bits per heavy atom. The van der Waals surface area contributed by atoms with Gasteiger partial charge < -0.3 is 13.6 Å². The first-order chi connectivity index (χ1) is 25.9. The lowest BCUT2D eigenvalue weighted by molar-refractivity contribution is 0.470. The van der Waals surface area contributed by atoms with E-state index in [9.17, 15) is 35.2 Å². The van der Waals surface area contributed by atoms with E-state index in [-0.39, 0.29) is 57.6 Å². The lowest BCUT2D eigenvalue weighted by Crippen LogP contribution is -2.26. The highest BCUT2D eigenvalue weighted by atomic mass is 32.2. The number of halogens is 2. The highest BCUT2D eigenvalue weighted by Crippen LogP contribution is 2.36. The van der Waals surface area contributed by atoms with E-state index in [1.165, 1.54) is 38.4 Å². The number of nitrogens with one attached hydrogen (secondary N) is 4. The maximum absolute atomic E-state index is 14.8. The molecule has 2 heterocycles. The fourth-order valence-electron chi connectivity index (χ4n) is 6.14. The molecule has 55 heavy (non-hydrogen) atoms. The summed E-state index contributed by atoms with van der Waals surface area (Å²) in [6.07, 6.45) is -0.324. The summed E-state index contributed by atoms with van der Waals surface area (Å²) in [5, 5.41) is 1.16. The normalized spacial score (nSPS) is 12.0. The van der Waals surface area contributed by atoms with Crippen LogP contribution in [0.15, 0.2) is 79.1 Å². The molecule has 17 heteroatoms. The quantitative estimate of drug-likeness (QED) is 0.106. The molecule has 0 atom stereocenters. The van der Waals surface area contributed by atoms with Gasteiger partial charge in [-0.05, 0) is 110 Å². The lowest BCUT2D eigenvalue weighted by atomic mass is 9.97. The number of fused-ring (bicyclic) bond motifs is 2. The highest BCUT2D eigenvalue weighted by Gasteiger charge is 2.20. The maximum Gasteiger partial charge on any atom is 0.340 e. The Hall–Kier alpha value is -5.62. The van der Waals surface area contributed by atoms with Gasteiger partial charge in [-0.25, -0.2) is 27.8 Å². The van der Waals surface area contributed by atoms with Gasteiger partial charge in [0.1, 0.15) is 34.3 Å². The number of hydrogen-bond acceptors (Lipinski definition) is 9. The molecule has 6 aromatic rings. The van der Waals surface area contributed by atoms with E-state index >= 15 is 0 Å². The topological polar surface area (TPSA) is 186 Å². The Morgan fingerprint density at radius 3 is 1.35 bits per heavy atom. The number of benzene rings is 4. The number of hydrogen-bond donors (Lipinski definition) is 4. The Bertz CT molecular complexity index is 2680. The van der Waals surface area contributed by atoms with Crippen LogP contribution >= 0.6 is 0 Å². The Labute approximate surface area is 314 Å². The molecule has 0 amide bonds. The predicted octanol–water partition coefficient (Wildman–Crippen LogP) is 6.14. The molecule has 2 aromatic heterocycles. The summed E-state index contributed by atoms with van der Waals surface area (Å²) < 4.78 is 104. The predicted molar refractivity (Wildman–Crippen MR) is 206 cm³/mol. The highest BCUT2D eigenvalue weighted by molar-refractivity contribution is 7.91. The fraction of sp³-hybridized carbons (Fsp3) is 0.211. The summed E-state index contributed by atoms with van der Waals surface area (Å²) in [5.41, 5.74) is 2.20. The molecule has 0 fully saturated rings. The third kappa shape index (κ3) is 8.24. The minimum Gasteiger partial charge on any atom is -0.457 e. The van der Waals surface area contributed by atoms with E-state index in [4.69, 9.17) is 13.6 Å². The minimum atomic E-state index is -3.85. The van der Waals surface area contributed by atoms with Gasteiger partial charge in [-0.1, -0.05) is 0 Å². The van der Waals surface area contributed by atoms with Crippen LogP contribution in [0.1, 0.15) is 44.5 Å². The molecule has 0 spiro atoms. The van der Waals surface area contributed by atoms with Crippen molar-refractivity contribution in [3.8, 4) is 11.5 Å². The molecule has 4 N–H and O–H groups in total. The molecule has 0 unspecified atom stereocenters. The second kappa shape index (κ2) is 14.9. The van der Waals surface area contributed by atoms with Gasteiger partial charge in [-0.15, -0.1) is 0 Å². The first-order valence-electron chi connectivity index (χ1n) is 16.7. The van der Waals surface area contributed by atoms with Crippen molar-refractivity contribution in [1.82, 2.24) is 9.44 Å². The minimum absolute atomic E-state index is 0.0833. The van der Waals surface area contributed by atoms with Gasteiger partial charge in [0.2, 0.25) is 0 Å². The summed E-state index contributed by atoms with van der Waals surface area (Å²) >= 11 is 0. The summed E-state index contributed by atoms with van der Waals surface area (Å²) in [6, 6.07) is 14.0. The average molecular weight is 795 g/mol. The van der Waals surface area contributed by atoms with Crippen molar-refractivity contribution in [2.24, 2.45) is 0 Å². The van der Waals surface area contributed by atoms with Crippen LogP contribution in [0, 0.1) is 39.3 Å². The van der Waals surface area contributed by atoms with E-state index < -0.39 is 43.3 Å². The van der Waals surface area contributed by atoms with Crippen LogP contribution in [-0.2, 0) is 33.3 Å². The van der Waals surface area contributed by atoms with Crippen molar-refractivity contribution in [2.75, 3.05) is 23.5 Å². The van der Waals surface area contributed by atoms with Crippen LogP contribution in [0.4, 0.5) is 20.2 Å². The number of rotatable bonds is 12. The Kier molecular flexibility index (Phi) is 10.6. The molecule has 0 aliphatic carbocycles. The van der Waals surface area contributed by atoms with Crippen LogP contribution in [0.25, 0.3) is 21.9 Å². The third-order valence-corrected chi connectivity index (χ3v) is 11.3. The standard InChI is InChI=1S/C38H36F2N4O9S2/c1-19-11-27-21(3)29(15-23-13-25(7-9-31(23)39)43-54(47,48)41-5)37(45)52-35(27)17-33(19)51-34-18-36-28(12-20(34)2)22(4)30(38(46)53-36)16-24-14-26(8-10-32(24)40)44-55(49,50)42-6/h7-14,17-18,41-44H,15-16H2,1-6H3. The molecular formula is C38H36F2N4O9S2. The van der Waals surface area contributed by atoms with E-state index in [2.05, 4.69) is 18.9 Å². The second-order valence-corrected chi connectivity index (χ2v) is 16.1. The van der Waals surface area contributed by atoms with Crippen LogP contribution in [0.3, 0.4) is 0 Å². The molecule has 6 rings (SSSR count). The fourth-order valence-corrected chi connectivity index (χ4v) is 7.22.